The van der Waals surface area contributed by atoms with Crippen LogP contribution in [0.3, 0.4) is 0 Å². The van der Waals surface area contributed by atoms with Gasteiger partial charge in [0.15, 0.2) is 5.78 Å². The SMILES string of the molecule is CC[C@H]1/C2=C/c3[n-]c4c(c3C)C(=O)[C@H](C(=O)OC)/C4=C3/[N-]/C(=C\c4[n-]c(c([C@H](C)O)c4C)/C=C(\[N-]2)[C@@H]1C)[C@@H](C)[C@@H]3CCC(=O)OC/C=C(\C)CCC[C@H](C)CCC[C@H](C)CCCC(C)C.[Mg+2]. The van der Waals surface area contributed by atoms with Crippen LogP contribution in [0.1, 0.15) is 195 Å². The van der Waals surface area contributed by atoms with Crippen molar-refractivity contribution in [3.8, 4) is 0 Å². The fourth-order valence-corrected chi connectivity index (χ4v) is 10.7. The Bertz CT molecular complexity index is 2230. The maximum absolute atomic E-state index is 14.4. The van der Waals surface area contributed by atoms with Gasteiger partial charge in [0.2, 0.25) is 0 Å². The van der Waals surface area contributed by atoms with Crippen molar-refractivity contribution in [1.29, 1.82) is 0 Å². The molecule has 0 spiro atoms. The molecule has 66 heavy (non-hydrogen) atoms. The fraction of sp³-hybridized carbons (Fsp3) is 0.618. The zero-order chi connectivity index (χ0) is 47.3. The molecule has 4 aliphatic rings. The van der Waals surface area contributed by atoms with E-state index in [0.717, 1.165) is 53.6 Å². The largest absolute Gasteiger partial charge is 2.00 e. The summed E-state index contributed by atoms with van der Waals surface area (Å²) in [5.74, 6) is -0.639. The molecule has 0 saturated carbocycles. The number of aliphatic hydroxyl groups excluding tert-OH is 1. The van der Waals surface area contributed by atoms with Crippen LogP contribution in [0.15, 0.2) is 34.4 Å². The van der Waals surface area contributed by atoms with Crippen LogP contribution in [0.4, 0.5) is 0 Å². The molecule has 2 fully saturated rings. The van der Waals surface area contributed by atoms with Crippen LogP contribution < -0.4 is 9.97 Å². The van der Waals surface area contributed by atoms with Crippen molar-refractivity contribution in [2.24, 2.45) is 47.3 Å². The van der Waals surface area contributed by atoms with E-state index in [9.17, 15) is 19.5 Å². The number of carbonyl (C=O) groups excluding carboxylic acids is 3. The van der Waals surface area contributed by atoms with Crippen LogP contribution in [-0.2, 0) is 19.1 Å². The minimum Gasteiger partial charge on any atom is -0.664 e. The van der Waals surface area contributed by atoms with Gasteiger partial charge in [-0.3, -0.25) is 14.4 Å². The minimum absolute atomic E-state index is 0. The standard InChI is InChI=1S/C55H77N4O6.Mg/c1-13-39-34(7)41-29-46-48(38(11)60)36(9)43(57-46)27-42-35(8)40(52(58-42)50-51(55(63)64-12)54(62)49-37(10)44(59-53(49)50)28-45(39)56-41)23-24-47(61)65-26-25-33(6)22-16-21-32(5)20-15-19-31(4)18-14-17-30(2)3;/h25,27-32,34-35,38-40,51,60H,13-24,26H2,1-12H3,(H-,58,59,62);/q-3;+2/p-1/b33-25+,41-29-,42-27-,45-28-;/t31-,32-,34-,35+,38+,39-,40+,51-;/m1./s1. The number of Topliss-reactive ketones (excluding diaryl/α,β-unsaturated/α-hetero) is 1. The Kier molecular flexibility index (Phi) is 18.9. The Morgan fingerprint density at radius 2 is 1.38 bits per heavy atom. The zero-order valence-electron chi connectivity index (χ0n) is 42.2. The third kappa shape index (κ3) is 11.9. The maximum Gasteiger partial charge on any atom is 2.00 e. The smallest absolute Gasteiger partial charge is 0.664 e. The van der Waals surface area contributed by atoms with Gasteiger partial charge in [-0.2, -0.15) is 22.8 Å². The van der Waals surface area contributed by atoms with Crippen molar-refractivity contribution in [3.63, 3.8) is 0 Å². The van der Waals surface area contributed by atoms with E-state index in [1.165, 1.54) is 57.6 Å². The minimum atomic E-state index is -1.23. The number of fused-ring (bicyclic) bond motifs is 7. The van der Waals surface area contributed by atoms with Crippen LogP contribution in [0, 0.1) is 61.2 Å². The Morgan fingerprint density at radius 3 is 2.02 bits per heavy atom. The van der Waals surface area contributed by atoms with Crippen molar-refractivity contribution in [1.82, 2.24) is 9.97 Å². The molecule has 2 aromatic rings. The second-order valence-electron chi connectivity index (χ2n) is 20.3. The van der Waals surface area contributed by atoms with Crippen molar-refractivity contribution in [2.75, 3.05) is 13.7 Å². The summed E-state index contributed by atoms with van der Waals surface area (Å²) in [7, 11) is 1.29. The number of ketones is 1. The second kappa shape index (κ2) is 23.5. The maximum atomic E-state index is 14.4. The molecule has 11 heteroatoms. The van der Waals surface area contributed by atoms with Gasteiger partial charge in [0.1, 0.15) is 12.5 Å². The molecule has 3 aliphatic heterocycles. The number of rotatable bonds is 20. The Morgan fingerprint density at radius 1 is 0.788 bits per heavy atom. The Labute approximate surface area is 411 Å². The molecule has 5 heterocycles. The van der Waals surface area contributed by atoms with E-state index >= 15 is 0 Å². The number of methoxy groups -OCH3 is 1. The normalized spacial score (nSPS) is 26.0. The molecule has 0 amide bonds. The van der Waals surface area contributed by atoms with E-state index < -0.39 is 18.0 Å². The van der Waals surface area contributed by atoms with Gasteiger partial charge in [-0.1, -0.05) is 140 Å². The van der Waals surface area contributed by atoms with Gasteiger partial charge in [0.05, 0.1) is 13.2 Å². The van der Waals surface area contributed by atoms with E-state index in [-0.39, 0.29) is 71.5 Å². The number of hydrogen-bond acceptors (Lipinski definition) is 6. The summed E-state index contributed by atoms with van der Waals surface area (Å²) < 4.78 is 11.1. The topological polar surface area (TPSA) is 146 Å². The van der Waals surface area contributed by atoms with Crippen LogP contribution in [0.25, 0.3) is 34.4 Å². The second-order valence-corrected chi connectivity index (χ2v) is 20.3. The van der Waals surface area contributed by atoms with Gasteiger partial charge in [-0.05, 0) is 100 Å². The number of aliphatic hydroxyl groups is 1. The number of ether oxygens (including phenoxy) is 2. The van der Waals surface area contributed by atoms with Gasteiger partial charge < -0.3 is 35.2 Å². The summed E-state index contributed by atoms with van der Waals surface area (Å²) in [6, 6.07) is 0. The average Bonchev–Trinajstić information content (AvgIpc) is 4.00. The first-order valence-corrected chi connectivity index (χ1v) is 24.7. The molecule has 2 aromatic heterocycles. The molecule has 0 radical (unpaired) electrons. The van der Waals surface area contributed by atoms with Crippen LogP contribution in [-0.4, -0.2) is 59.6 Å². The summed E-state index contributed by atoms with van der Waals surface area (Å²) in [5, 5.41) is 21.4. The number of allylic oxidation sites excluding steroid dienone is 5. The number of nitrogens with zero attached hydrogens (tertiary/aromatic N) is 4. The summed E-state index contributed by atoms with van der Waals surface area (Å²) >= 11 is 0. The Hall–Kier alpha value is -3.80. The number of esters is 2. The van der Waals surface area contributed by atoms with Gasteiger partial charge in [0, 0.05) is 12.0 Å². The zero-order valence-corrected chi connectivity index (χ0v) is 43.6. The molecular weight excluding hydrogens is 837 g/mol. The summed E-state index contributed by atoms with van der Waals surface area (Å²) in [6.45, 7) is 23.7. The average molecular weight is 914 g/mol. The first-order valence-electron chi connectivity index (χ1n) is 24.7. The molecule has 10 nitrogen and oxygen atoms in total. The van der Waals surface area contributed by atoms with Gasteiger partial charge in [-0.25, -0.2) is 0 Å². The van der Waals surface area contributed by atoms with Crippen LogP contribution >= 0.6 is 0 Å². The van der Waals surface area contributed by atoms with E-state index in [0.29, 0.717) is 63.2 Å². The summed E-state index contributed by atoms with van der Waals surface area (Å²) in [4.78, 5) is 51.6. The van der Waals surface area contributed by atoms with Gasteiger partial charge in [0.25, 0.3) is 0 Å². The molecule has 356 valence electrons. The van der Waals surface area contributed by atoms with Crippen molar-refractivity contribution >= 4 is 64.6 Å². The third-order valence-electron chi connectivity index (χ3n) is 14.9. The van der Waals surface area contributed by atoms with Gasteiger partial charge >= 0.3 is 35.0 Å². The number of aromatic nitrogens is 2. The van der Waals surface area contributed by atoms with Crippen molar-refractivity contribution < 1.29 is 29.0 Å². The van der Waals surface area contributed by atoms with E-state index in [4.69, 9.17) is 30.1 Å². The van der Waals surface area contributed by atoms with Crippen LogP contribution in [0.5, 0.6) is 0 Å². The molecule has 1 N–H and O–H groups in total. The van der Waals surface area contributed by atoms with E-state index in [1.54, 1.807) is 6.92 Å². The summed E-state index contributed by atoms with van der Waals surface area (Å²) in [6.07, 6.45) is 19.7. The Balaban J connectivity index is 0.00000817. The molecule has 0 unspecified atom stereocenters. The van der Waals surface area contributed by atoms with Crippen LogP contribution in [0.2, 0.25) is 0 Å². The molecule has 8 bridgehead atoms. The number of carbonyl (C=O) groups is 3. The predicted molar refractivity (Wildman–Crippen MR) is 267 cm³/mol. The van der Waals surface area contributed by atoms with E-state index in [1.807, 2.05) is 38.2 Å². The molecule has 1 aliphatic carbocycles. The molecule has 8 atom stereocenters. The quantitative estimate of drug-likeness (QED) is 0.0598. The van der Waals surface area contributed by atoms with Crippen molar-refractivity contribution in [3.05, 3.63) is 90.1 Å². The monoisotopic (exact) mass is 913 g/mol. The predicted octanol–water partition coefficient (Wildman–Crippen LogP) is 12.7. The molecule has 6 rings (SSSR count). The molecule has 2 saturated heterocycles. The first-order chi connectivity index (χ1) is 30.9. The van der Waals surface area contributed by atoms with E-state index in [2.05, 4.69) is 55.4 Å². The molecule has 0 aromatic carbocycles. The van der Waals surface area contributed by atoms with Crippen molar-refractivity contribution in [2.45, 2.75) is 159 Å². The third-order valence-corrected chi connectivity index (χ3v) is 14.9. The number of hydrogen-bond donors (Lipinski definition) is 1. The fourth-order valence-electron chi connectivity index (χ4n) is 10.7. The first kappa shape index (κ1) is 53.2. The van der Waals surface area contributed by atoms with Gasteiger partial charge in [-0.15, -0.1) is 22.8 Å². The summed E-state index contributed by atoms with van der Waals surface area (Å²) in [5.41, 5.74) is 9.74. The molecular formula is C55H76MgN4O6-2.